The molecule has 0 spiro atoms. The van der Waals surface area contributed by atoms with Gasteiger partial charge in [0.05, 0.1) is 16.8 Å². The van der Waals surface area contributed by atoms with Gasteiger partial charge in [-0.3, -0.25) is 4.79 Å². The van der Waals surface area contributed by atoms with Gasteiger partial charge in [-0.25, -0.2) is 24.1 Å². The molecule has 9 nitrogen and oxygen atoms in total. The number of nitrogens with one attached hydrogen (secondary N) is 2. The molecule has 6 rings (SSSR count). The Kier molecular flexibility index (Phi) is 5.78. The molecule has 1 aliphatic heterocycles. The minimum atomic E-state index is -0.416. The summed E-state index contributed by atoms with van der Waals surface area (Å²) in [5.41, 5.74) is 8.37. The van der Waals surface area contributed by atoms with E-state index in [1.807, 2.05) is 41.1 Å². The van der Waals surface area contributed by atoms with Gasteiger partial charge in [0.1, 0.15) is 21.9 Å². The van der Waals surface area contributed by atoms with Crippen LogP contribution in [-0.2, 0) is 6.54 Å². The number of carbonyl (C=O) groups is 2. The number of benzene rings is 2. The molecule has 3 amide bonds. The molecule has 4 N–H and O–H groups in total. The summed E-state index contributed by atoms with van der Waals surface area (Å²) in [4.78, 5) is 37.3. The molecule has 3 aromatic heterocycles. The lowest BCUT2D eigenvalue weighted by Crippen LogP contribution is -2.35. The van der Waals surface area contributed by atoms with Crippen LogP contribution in [0.4, 0.5) is 26.4 Å². The topological polar surface area (TPSA) is 118 Å². The van der Waals surface area contributed by atoms with Gasteiger partial charge < -0.3 is 20.9 Å². The van der Waals surface area contributed by atoms with E-state index in [1.54, 1.807) is 6.07 Å². The average Bonchev–Trinajstić information content (AvgIpc) is 3.46. The highest BCUT2D eigenvalue weighted by molar-refractivity contribution is 7.21. The van der Waals surface area contributed by atoms with Gasteiger partial charge in [0.2, 0.25) is 0 Å². The lowest BCUT2D eigenvalue weighted by atomic mass is 10.1. The van der Waals surface area contributed by atoms with Gasteiger partial charge in [-0.2, -0.15) is 0 Å². The normalized spacial score (nSPS) is 12.8. The van der Waals surface area contributed by atoms with Crippen LogP contribution in [-0.4, -0.2) is 39.6 Å². The second-order valence-corrected chi connectivity index (χ2v) is 9.66. The molecule has 37 heavy (non-hydrogen) atoms. The SMILES string of the molecule is NCCCNC(=O)c1sc2ncnc3c2c1NC(=O)N3c1ccc2c(ccn2Cc2cccc(F)c2)c1. The Morgan fingerprint density at radius 3 is 2.89 bits per heavy atom. The lowest BCUT2D eigenvalue weighted by molar-refractivity contribution is 0.0958. The quantitative estimate of drug-likeness (QED) is 0.274. The number of aromatic nitrogens is 3. The van der Waals surface area contributed by atoms with Crippen molar-refractivity contribution >= 4 is 61.6 Å². The fraction of sp³-hybridized carbons (Fsp3) is 0.154. The van der Waals surface area contributed by atoms with Crippen molar-refractivity contribution in [3.8, 4) is 0 Å². The number of halogens is 1. The van der Waals surface area contributed by atoms with E-state index in [4.69, 9.17) is 5.73 Å². The number of amides is 3. The van der Waals surface area contributed by atoms with Crippen LogP contribution in [0.5, 0.6) is 0 Å². The first-order valence-electron chi connectivity index (χ1n) is 11.7. The van der Waals surface area contributed by atoms with E-state index >= 15 is 0 Å². The molecule has 0 saturated carbocycles. The van der Waals surface area contributed by atoms with Gasteiger partial charge in [-0.05, 0) is 54.9 Å². The number of hydrogen-bond donors (Lipinski definition) is 3. The molecule has 0 bridgehead atoms. The molecule has 0 radical (unpaired) electrons. The van der Waals surface area contributed by atoms with Crippen LogP contribution < -0.4 is 21.3 Å². The number of rotatable bonds is 7. The summed E-state index contributed by atoms with van der Waals surface area (Å²) >= 11 is 1.21. The highest BCUT2D eigenvalue weighted by Crippen LogP contribution is 2.44. The number of thiophene rings is 1. The van der Waals surface area contributed by atoms with Crippen LogP contribution >= 0.6 is 11.3 Å². The van der Waals surface area contributed by atoms with Crippen molar-refractivity contribution in [2.24, 2.45) is 5.73 Å². The molecule has 0 aliphatic carbocycles. The molecule has 2 aromatic carbocycles. The Bertz CT molecular complexity index is 1680. The van der Waals surface area contributed by atoms with E-state index in [-0.39, 0.29) is 11.7 Å². The zero-order chi connectivity index (χ0) is 25.5. The maximum atomic E-state index is 13.6. The van der Waals surface area contributed by atoms with E-state index in [2.05, 4.69) is 20.6 Å². The summed E-state index contributed by atoms with van der Waals surface area (Å²) in [6.07, 6.45) is 3.99. The monoisotopic (exact) mass is 515 g/mol. The Labute approximate surface area is 214 Å². The van der Waals surface area contributed by atoms with Crippen LogP contribution in [0.1, 0.15) is 21.7 Å². The third-order valence-corrected chi connectivity index (χ3v) is 7.34. The van der Waals surface area contributed by atoms with Crippen LogP contribution in [0.15, 0.2) is 61.1 Å². The molecule has 11 heteroatoms. The molecule has 1 aliphatic rings. The molecule has 0 fully saturated rings. The number of anilines is 3. The average molecular weight is 516 g/mol. The van der Waals surface area contributed by atoms with Gasteiger partial charge in [-0.1, -0.05) is 12.1 Å². The second-order valence-electron chi connectivity index (χ2n) is 8.66. The molecule has 186 valence electrons. The standard InChI is InChI=1S/C26H22FN7O2S/c27-17-4-1-3-15(11-17)13-33-10-7-16-12-18(5-6-19(16)33)34-23-20-21(32-26(34)36)22(24(35)29-9-2-8-28)37-25(20)31-14-30-23/h1,3-7,10-12,14H,2,8-9,13,28H2,(H,29,35)(H,32,36). The summed E-state index contributed by atoms with van der Waals surface area (Å²) in [5.74, 6) is -0.140. The van der Waals surface area contributed by atoms with E-state index in [1.165, 1.54) is 34.7 Å². The predicted octanol–water partition coefficient (Wildman–Crippen LogP) is 4.60. The fourth-order valence-corrected chi connectivity index (χ4v) is 5.55. The first kappa shape index (κ1) is 23.1. The lowest BCUT2D eigenvalue weighted by Gasteiger charge is -2.27. The summed E-state index contributed by atoms with van der Waals surface area (Å²) in [5, 5.41) is 7.25. The molecule has 5 aromatic rings. The fourth-order valence-electron chi connectivity index (χ4n) is 4.55. The Balaban J connectivity index is 1.36. The van der Waals surface area contributed by atoms with Crippen molar-refractivity contribution in [2.75, 3.05) is 23.3 Å². The van der Waals surface area contributed by atoms with Crippen molar-refractivity contribution in [3.63, 3.8) is 0 Å². The van der Waals surface area contributed by atoms with Crippen molar-refractivity contribution in [1.82, 2.24) is 19.9 Å². The number of hydrogen-bond acceptors (Lipinski definition) is 6. The van der Waals surface area contributed by atoms with Crippen molar-refractivity contribution in [3.05, 3.63) is 77.3 Å². The van der Waals surface area contributed by atoms with Gasteiger partial charge in [0.15, 0.2) is 5.82 Å². The number of nitrogens with two attached hydrogens (primary N) is 1. The van der Waals surface area contributed by atoms with Crippen molar-refractivity contribution in [2.45, 2.75) is 13.0 Å². The number of carbonyl (C=O) groups excluding carboxylic acids is 2. The summed E-state index contributed by atoms with van der Waals surface area (Å²) in [7, 11) is 0. The zero-order valence-electron chi connectivity index (χ0n) is 19.6. The minimum Gasteiger partial charge on any atom is -0.351 e. The minimum absolute atomic E-state index is 0.271. The Morgan fingerprint density at radius 1 is 1.16 bits per heavy atom. The number of urea groups is 1. The van der Waals surface area contributed by atoms with Crippen molar-refractivity contribution in [1.29, 1.82) is 0 Å². The molecule has 4 heterocycles. The number of nitrogens with zero attached hydrogens (tertiary/aromatic N) is 4. The molecule has 0 saturated heterocycles. The number of fused-ring (bicyclic) bond motifs is 1. The highest BCUT2D eigenvalue weighted by Gasteiger charge is 2.33. The third kappa shape index (κ3) is 4.07. The predicted molar refractivity (Wildman–Crippen MR) is 142 cm³/mol. The van der Waals surface area contributed by atoms with Crippen LogP contribution in [0.3, 0.4) is 0 Å². The van der Waals surface area contributed by atoms with E-state index in [0.717, 1.165) is 16.5 Å². The smallest absolute Gasteiger partial charge is 0.332 e. The summed E-state index contributed by atoms with van der Waals surface area (Å²) in [6, 6.07) is 13.7. The van der Waals surface area contributed by atoms with Gasteiger partial charge in [0, 0.05) is 30.2 Å². The molecular formula is C26H22FN7O2S. The molecule has 0 unspecified atom stereocenters. The first-order chi connectivity index (χ1) is 18.0. The van der Waals surface area contributed by atoms with Gasteiger partial charge in [-0.15, -0.1) is 11.3 Å². The van der Waals surface area contributed by atoms with Gasteiger partial charge >= 0.3 is 6.03 Å². The third-order valence-electron chi connectivity index (χ3n) is 6.24. The van der Waals surface area contributed by atoms with E-state index < -0.39 is 6.03 Å². The molecular weight excluding hydrogens is 493 g/mol. The van der Waals surface area contributed by atoms with Crippen LogP contribution in [0, 0.1) is 5.82 Å². The van der Waals surface area contributed by atoms with E-state index in [0.29, 0.717) is 58.3 Å². The largest absolute Gasteiger partial charge is 0.351 e. The Morgan fingerprint density at radius 2 is 2.05 bits per heavy atom. The maximum absolute atomic E-state index is 13.6. The Hall–Kier alpha value is -4.35. The maximum Gasteiger partial charge on any atom is 0.332 e. The van der Waals surface area contributed by atoms with Gasteiger partial charge in [0.25, 0.3) is 5.91 Å². The summed E-state index contributed by atoms with van der Waals surface area (Å²) < 4.78 is 15.7. The second kappa shape index (κ2) is 9.26. The molecule has 0 atom stereocenters. The zero-order valence-corrected chi connectivity index (χ0v) is 20.4. The first-order valence-corrected chi connectivity index (χ1v) is 12.6. The van der Waals surface area contributed by atoms with Crippen LogP contribution in [0.2, 0.25) is 0 Å². The highest BCUT2D eigenvalue weighted by atomic mass is 32.1. The van der Waals surface area contributed by atoms with Crippen LogP contribution in [0.25, 0.3) is 21.1 Å². The van der Waals surface area contributed by atoms with E-state index in [9.17, 15) is 14.0 Å². The van der Waals surface area contributed by atoms with Crippen molar-refractivity contribution < 1.29 is 14.0 Å². The summed E-state index contributed by atoms with van der Waals surface area (Å²) in [6.45, 7) is 1.44.